The molecule has 0 aliphatic carbocycles. The third-order valence-electron chi connectivity index (χ3n) is 5.76. The van der Waals surface area contributed by atoms with Crippen LogP contribution in [0.3, 0.4) is 0 Å². The zero-order valence-electron chi connectivity index (χ0n) is 20.3. The first-order chi connectivity index (χ1) is 16.3. The SMILES string of the molecule is CCOc1cc(C2C(C(=O)Nc3cccc(C)c3C)=C(C)Nc3nnnn32)ccc1OC(C)C. The smallest absolute Gasteiger partial charge is 0.255 e. The van der Waals surface area contributed by atoms with Crippen LogP contribution in [0.15, 0.2) is 47.7 Å². The summed E-state index contributed by atoms with van der Waals surface area (Å²) >= 11 is 0. The van der Waals surface area contributed by atoms with Crippen LogP contribution in [0.5, 0.6) is 11.5 Å². The van der Waals surface area contributed by atoms with Gasteiger partial charge in [0.2, 0.25) is 5.95 Å². The molecule has 9 heteroatoms. The minimum Gasteiger partial charge on any atom is -0.490 e. The molecule has 0 saturated carbocycles. The molecule has 1 unspecified atom stereocenters. The Morgan fingerprint density at radius 3 is 2.71 bits per heavy atom. The number of carbonyl (C=O) groups excluding carboxylic acids is 1. The van der Waals surface area contributed by atoms with Gasteiger partial charge in [-0.1, -0.05) is 23.3 Å². The van der Waals surface area contributed by atoms with E-state index >= 15 is 0 Å². The second-order valence-corrected chi connectivity index (χ2v) is 8.52. The number of fused-ring (bicyclic) bond motifs is 1. The van der Waals surface area contributed by atoms with Gasteiger partial charge < -0.3 is 20.1 Å². The predicted octanol–water partition coefficient (Wildman–Crippen LogP) is 4.40. The quantitative estimate of drug-likeness (QED) is 0.536. The molecule has 178 valence electrons. The van der Waals surface area contributed by atoms with Crippen LogP contribution in [-0.4, -0.2) is 38.8 Å². The molecule has 1 atom stereocenters. The Bertz CT molecular complexity index is 1250. The number of nitrogens with zero attached hydrogens (tertiary/aromatic N) is 4. The summed E-state index contributed by atoms with van der Waals surface area (Å²) in [6.07, 6.45) is -0.00361. The fourth-order valence-corrected chi connectivity index (χ4v) is 4.01. The molecule has 1 aliphatic heterocycles. The molecule has 4 rings (SSSR count). The Labute approximate surface area is 199 Å². The second-order valence-electron chi connectivity index (χ2n) is 8.52. The Morgan fingerprint density at radius 1 is 1.18 bits per heavy atom. The number of amides is 1. The van der Waals surface area contributed by atoms with Crippen molar-refractivity contribution in [3.63, 3.8) is 0 Å². The Morgan fingerprint density at radius 2 is 1.97 bits per heavy atom. The molecule has 34 heavy (non-hydrogen) atoms. The molecule has 2 heterocycles. The van der Waals surface area contributed by atoms with Gasteiger partial charge in [-0.05, 0) is 86.9 Å². The number of tetrazole rings is 1. The van der Waals surface area contributed by atoms with Gasteiger partial charge in [-0.3, -0.25) is 4.79 Å². The molecule has 1 amide bonds. The Balaban J connectivity index is 1.78. The molecular formula is C25H30N6O3. The van der Waals surface area contributed by atoms with Crippen molar-refractivity contribution in [2.45, 2.75) is 53.7 Å². The van der Waals surface area contributed by atoms with Crippen molar-refractivity contribution >= 4 is 17.5 Å². The normalized spacial score (nSPS) is 15.1. The van der Waals surface area contributed by atoms with E-state index < -0.39 is 6.04 Å². The average molecular weight is 463 g/mol. The largest absolute Gasteiger partial charge is 0.490 e. The molecule has 3 aromatic rings. The lowest BCUT2D eigenvalue weighted by molar-refractivity contribution is -0.113. The summed E-state index contributed by atoms with van der Waals surface area (Å²) < 4.78 is 13.4. The third-order valence-corrected chi connectivity index (χ3v) is 5.76. The van der Waals surface area contributed by atoms with E-state index in [0.29, 0.717) is 35.3 Å². The number of anilines is 2. The molecule has 0 bridgehead atoms. The van der Waals surface area contributed by atoms with E-state index in [2.05, 4.69) is 26.2 Å². The first-order valence-corrected chi connectivity index (χ1v) is 11.4. The monoisotopic (exact) mass is 462 g/mol. The van der Waals surface area contributed by atoms with E-state index in [1.54, 1.807) is 4.68 Å². The summed E-state index contributed by atoms with van der Waals surface area (Å²) in [7, 11) is 0. The Kier molecular flexibility index (Phi) is 6.54. The number of aryl methyl sites for hydroxylation is 1. The maximum atomic E-state index is 13.6. The predicted molar refractivity (Wildman–Crippen MR) is 130 cm³/mol. The fraction of sp³-hybridized carbons (Fsp3) is 0.360. The second kappa shape index (κ2) is 9.54. The Hall–Kier alpha value is -3.88. The van der Waals surface area contributed by atoms with E-state index in [1.807, 2.05) is 77.9 Å². The molecular weight excluding hydrogens is 432 g/mol. The fourth-order valence-electron chi connectivity index (χ4n) is 4.01. The van der Waals surface area contributed by atoms with Crippen LogP contribution in [0.2, 0.25) is 0 Å². The van der Waals surface area contributed by atoms with Crippen LogP contribution >= 0.6 is 0 Å². The number of allylic oxidation sites excluding steroid dienone is 1. The summed E-state index contributed by atoms with van der Waals surface area (Å²) in [5, 5.41) is 18.3. The minimum absolute atomic E-state index is 0.00361. The van der Waals surface area contributed by atoms with Crippen molar-refractivity contribution in [3.8, 4) is 11.5 Å². The van der Waals surface area contributed by atoms with Gasteiger partial charge in [0.15, 0.2) is 11.5 Å². The summed E-state index contributed by atoms with van der Waals surface area (Å²) in [6, 6.07) is 11.0. The number of benzene rings is 2. The number of hydrogen-bond donors (Lipinski definition) is 2. The van der Waals surface area contributed by atoms with Gasteiger partial charge in [0.1, 0.15) is 6.04 Å². The third kappa shape index (κ3) is 4.46. The topological polar surface area (TPSA) is 103 Å². The zero-order valence-corrected chi connectivity index (χ0v) is 20.3. The van der Waals surface area contributed by atoms with Crippen LogP contribution in [-0.2, 0) is 4.79 Å². The van der Waals surface area contributed by atoms with Crippen molar-refractivity contribution in [1.82, 2.24) is 20.2 Å². The van der Waals surface area contributed by atoms with Gasteiger partial charge in [-0.2, -0.15) is 4.68 Å². The lowest BCUT2D eigenvalue weighted by Gasteiger charge is -2.28. The van der Waals surface area contributed by atoms with Crippen LogP contribution in [0.25, 0.3) is 0 Å². The summed E-state index contributed by atoms with van der Waals surface area (Å²) in [5.41, 5.74) is 4.89. The van der Waals surface area contributed by atoms with Crippen LogP contribution in [0, 0.1) is 13.8 Å². The molecule has 1 aliphatic rings. The van der Waals surface area contributed by atoms with Gasteiger partial charge >= 0.3 is 0 Å². The van der Waals surface area contributed by atoms with E-state index in [1.165, 1.54) is 0 Å². The molecule has 0 fully saturated rings. The van der Waals surface area contributed by atoms with E-state index in [9.17, 15) is 4.79 Å². The van der Waals surface area contributed by atoms with Crippen molar-refractivity contribution in [3.05, 3.63) is 64.4 Å². The highest BCUT2D eigenvalue weighted by Gasteiger charge is 2.34. The van der Waals surface area contributed by atoms with Gasteiger partial charge in [-0.25, -0.2) is 0 Å². The summed E-state index contributed by atoms with van der Waals surface area (Å²) in [6.45, 7) is 12.2. The van der Waals surface area contributed by atoms with Gasteiger partial charge in [-0.15, -0.1) is 0 Å². The highest BCUT2D eigenvalue weighted by molar-refractivity contribution is 6.06. The highest BCUT2D eigenvalue weighted by Crippen LogP contribution is 2.39. The highest BCUT2D eigenvalue weighted by atomic mass is 16.5. The van der Waals surface area contributed by atoms with Gasteiger partial charge in [0.25, 0.3) is 5.91 Å². The summed E-state index contributed by atoms with van der Waals surface area (Å²) in [4.78, 5) is 13.6. The molecule has 9 nitrogen and oxygen atoms in total. The average Bonchev–Trinajstić information content (AvgIpc) is 3.25. The maximum absolute atomic E-state index is 13.6. The maximum Gasteiger partial charge on any atom is 0.255 e. The van der Waals surface area contributed by atoms with Gasteiger partial charge in [0.05, 0.1) is 18.3 Å². The summed E-state index contributed by atoms with van der Waals surface area (Å²) in [5.74, 6) is 1.49. The van der Waals surface area contributed by atoms with Gasteiger partial charge in [0, 0.05) is 11.4 Å². The molecule has 0 saturated heterocycles. The van der Waals surface area contributed by atoms with Crippen LogP contribution < -0.4 is 20.1 Å². The molecule has 2 aromatic carbocycles. The lowest BCUT2D eigenvalue weighted by atomic mass is 9.94. The first kappa shape index (κ1) is 23.3. The zero-order chi connectivity index (χ0) is 24.4. The van der Waals surface area contributed by atoms with E-state index in [0.717, 1.165) is 22.4 Å². The molecule has 2 N–H and O–H groups in total. The number of aromatic nitrogens is 4. The van der Waals surface area contributed by atoms with E-state index in [-0.39, 0.29) is 12.0 Å². The number of hydrogen-bond acceptors (Lipinski definition) is 7. The first-order valence-electron chi connectivity index (χ1n) is 11.4. The van der Waals surface area contributed by atoms with Crippen LogP contribution in [0.4, 0.5) is 11.6 Å². The van der Waals surface area contributed by atoms with Crippen molar-refractivity contribution in [2.75, 3.05) is 17.2 Å². The number of rotatable bonds is 7. The van der Waals surface area contributed by atoms with Crippen LogP contribution in [0.1, 0.15) is 50.4 Å². The minimum atomic E-state index is -0.552. The van der Waals surface area contributed by atoms with Crippen molar-refractivity contribution in [1.29, 1.82) is 0 Å². The van der Waals surface area contributed by atoms with Crippen molar-refractivity contribution < 1.29 is 14.3 Å². The van der Waals surface area contributed by atoms with E-state index in [4.69, 9.17) is 9.47 Å². The molecule has 0 spiro atoms. The van der Waals surface area contributed by atoms with Crippen molar-refractivity contribution in [2.24, 2.45) is 0 Å². The standard InChI is InChI=1S/C25H30N6O3/c1-7-33-21-13-18(11-12-20(21)34-14(2)3)23-22(17(6)26-25-28-29-30-31(23)25)24(32)27-19-10-8-9-15(4)16(19)5/h8-14,23H,7H2,1-6H3,(H,27,32)(H,26,28,30). The number of ether oxygens (including phenoxy) is 2. The number of carbonyl (C=O) groups is 1. The number of nitrogens with one attached hydrogen (secondary N) is 2. The molecule has 1 aromatic heterocycles. The lowest BCUT2D eigenvalue weighted by Crippen LogP contribution is -2.31. The molecule has 0 radical (unpaired) electrons.